The largest absolute Gasteiger partial charge is 0.478 e. The first-order valence-corrected chi connectivity index (χ1v) is 11.4. The number of para-hydroxylation sites is 1. The number of ether oxygens (including phenoxy) is 1. The van der Waals surface area contributed by atoms with Crippen LogP contribution in [0.4, 0.5) is 14.9 Å². The number of amides is 2. The number of carboxylic acid groups (broad SMARTS) is 1. The summed E-state index contributed by atoms with van der Waals surface area (Å²) >= 11 is 0. The number of hydrogen-bond donors (Lipinski definition) is 3. The van der Waals surface area contributed by atoms with Crippen LogP contribution in [-0.2, 0) is 9.53 Å². The van der Waals surface area contributed by atoms with E-state index in [-0.39, 0.29) is 36.2 Å². The smallest absolute Gasteiger partial charge is 0.407 e. The van der Waals surface area contributed by atoms with Gasteiger partial charge in [-0.2, -0.15) is 0 Å². The number of carbonyl (C=O) groups is 3. The SMILES string of the molecule is O=C(NCC1CC1C(=O)Nc1c(F)cccc1C(=O)O)OCC1c2ccccc2-c2ccccc21. The lowest BCUT2D eigenvalue weighted by Crippen LogP contribution is -2.29. The summed E-state index contributed by atoms with van der Waals surface area (Å²) in [5, 5.41) is 14.3. The van der Waals surface area contributed by atoms with Crippen LogP contribution < -0.4 is 10.6 Å². The topological polar surface area (TPSA) is 105 Å². The summed E-state index contributed by atoms with van der Waals surface area (Å²) in [5.41, 5.74) is 3.87. The van der Waals surface area contributed by atoms with Crippen molar-refractivity contribution in [2.45, 2.75) is 12.3 Å². The Hall–Kier alpha value is -4.20. The molecule has 0 heterocycles. The lowest BCUT2D eigenvalue weighted by atomic mass is 9.98. The van der Waals surface area contributed by atoms with E-state index in [2.05, 4.69) is 22.8 Å². The normalized spacial score (nSPS) is 17.7. The molecule has 0 bridgehead atoms. The zero-order valence-corrected chi connectivity index (χ0v) is 18.7. The fraction of sp³-hybridized carbons (Fsp3) is 0.222. The number of hydrogen-bond acceptors (Lipinski definition) is 4. The number of nitrogens with one attached hydrogen (secondary N) is 2. The monoisotopic (exact) mass is 474 g/mol. The third kappa shape index (κ3) is 4.47. The van der Waals surface area contributed by atoms with Crippen LogP contribution in [0.1, 0.15) is 33.8 Å². The Bertz CT molecular complexity index is 1280. The molecule has 7 nitrogen and oxygen atoms in total. The van der Waals surface area contributed by atoms with Crippen LogP contribution in [0.2, 0.25) is 0 Å². The van der Waals surface area contributed by atoms with Gasteiger partial charge in [0.1, 0.15) is 12.4 Å². The van der Waals surface area contributed by atoms with Crippen molar-refractivity contribution in [3.63, 3.8) is 0 Å². The molecule has 3 N–H and O–H groups in total. The van der Waals surface area contributed by atoms with E-state index in [1.807, 2.05) is 36.4 Å². The summed E-state index contributed by atoms with van der Waals surface area (Å²) in [6.45, 7) is 0.428. The van der Waals surface area contributed by atoms with Crippen LogP contribution in [0, 0.1) is 17.7 Å². The van der Waals surface area contributed by atoms with Gasteiger partial charge in [0.05, 0.1) is 11.3 Å². The molecule has 8 heteroatoms. The fourth-order valence-corrected chi connectivity index (χ4v) is 4.70. The Kier molecular flexibility index (Phi) is 5.94. The molecule has 1 saturated carbocycles. The van der Waals surface area contributed by atoms with Gasteiger partial charge in [-0.3, -0.25) is 4.79 Å². The lowest BCUT2D eigenvalue weighted by Gasteiger charge is -2.14. The first-order chi connectivity index (χ1) is 16.9. The van der Waals surface area contributed by atoms with Gasteiger partial charge < -0.3 is 20.5 Å². The predicted molar refractivity (Wildman–Crippen MR) is 127 cm³/mol. The Morgan fingerprint density at radius 3 is 2.26 bits per heavy atom. The minimum atomic E-state index is -1.33. The highest BCUT2D eigenvalue weighted by molar-refractivity contribution is 6.02. The number of carboxylic acids is 1. The molecule has 0 spiro atoms. The van der Waals surface area contributed by atoms with Crippen molar-refractivity contribution in [1.82, 2.24) is 5.32 Å². The van der Waals surface area contributed by atoms with Crippen molar-refractivity contribution in [3.05, 3.63) is 89.2 Å². The van der Waals surface area contributed by atoms with Crippen molar-refractivity contribution in [1.29, 1.82) is 0 Å². The molecule has 3 aromatic carbocycles. The molecule has 3 aromatic rings. The Labute approximate surface area is 200 Å². The Balaban J connectivity index is 1.13. The van der Waals surface area contributed by atoms with E-state index in [0.29, 0.717) is 6.42 Å². The number of fused-ring (bicyclic) bond motifs is 3. The average Bonchev–Trinajstić information content (AvgIpc) is 3.57. The van der Waals surface area contributed by atoms with Crippen LogP contribution in [-0.4, -0.2) is 36.2 Å². The van der Waals surface area contributed by atoms with Crippen molar-refractivity contribution in [2.24, 2.45) is 11.8 Å². The van der Waals surface area contributed by atoms with Crippen molar-refractivity contribution in [2.75, 3.05) is 18.5 Å². The van der Waals surface area contributed by atoms with Crippen LogP contribution >= 0.6 is 0 Å². The maximum absolute atomic E-state index is 14.1. The van der Waals surface area contributed by atoms with Crippen LogP contribution in [0.3, 0.4) is 0 Å². The summed E-state index contributed by atoms with van der Waals surface area (Å²) in [4.78, 5) is 36.1. The Morgan fingerprint density at radius 1 is 0.943 bits per heavy atom. The second kappa shape index (κ2) is 9.21. The van der Waals surface area contributed by atoms with Crippen molar-refractivity contribution < 1.29 is 28.6 Å². The van der Waals surface area contributed by atoms with Crippen LogP contribution in [0.5, 0.6) is 0 Å². The minimum Gasteiger partial charge on any atom is -0.478 e. The van der Waals surface area contributed by atoms with E-state index in [1.54, 1.807) is 0 Å². The number of aromatic carboxylic acids is 1. The van der Waals surface area contributed by atoms with Crippen LogP contribution in [0.15, 0.2) is 66.7 Å². The summed E-state index contributed by atoms with van der Waals surface area (Å²) in [7, 11) is 0. The molecule has 2 amide bonds. The van der Waals surface area contributed by atoms with E-state index < -0.39 is 29.7 Å². The number of halogens is 1. The molecular formula is C27H23FN2O5. The van der Waals surface area contributed by atoms with E-state index in [9.17, 15) is 23.9 Å². The quantitative estimate of drug-likeness (QED) is 0.463. The van der Waals surface area contributed by atoms with Gasteiger partial charge in [-0.15, -0.1) is 0 Å². The summed E-state index contributed by atoms with van der Waals surface area (Å²) in [6.07, 6.45) is -0.0630. The second-order valence-electron chi connectivity index (χ2n) is 8.77. The number of rotatable bonds is 7. The number of carbonyl (C=O) groups excluding carboxylic acids is 2. The highest BCUT2D eigenvalue weighted by atomic mass is 19.1. The maximum Gasteiger partial charge on any atom is 0.407 e. The molecule has 178 valence electrons. The third-order valence-corrected chi connectivity index (χ3v) is 6.60. The van der Waals surface area contributed by atoms with Gasteiger partial charge in [-0.25, -0.2) is 14.0 Å². The first-order valence-electron chi connectivity index (χ1n) is 11.4. The third-order valence-electron chi connectivity index (χ3n) is 6.60. The number of anilines is 1. The van der Waals surface area contributed by atoms with Gasteiger partial charge in [0.15, 0.2) is 0 Å². The molecular weight excluding hydrogens is 451 g/mol. The standard InChI is InChI=1S/C27H23FN2O5/c28-23-11-5-10-20(26(32)33)24(23)30-25(31)21-12-15(21)13-29-27(34)35-14-22-18-8-3-1-6-16(18)17-7-2-4-9-19(17)22/h1-11,15,21-22H,12-14H2,(H,29,34)(H,30,31)(H,32,33). The second-order valence-corrected chi connectivity index (χ2v) is 8.77. The molecule has 5 rings (SSSR count). The summed E-state index contributed by atoms with van der Waals surface area (Å²) in [6, 6.07) is 19.7. The average molecular weight is 474 g/mol. The van der Waals surface area contributed by atoms with Gasteiger partial charge >= 0.3 is 12.1 Å². The minimum absolute atomic E-state index is 0.0446. The molecule has 0 radical (unpaired) electrons. The zero-order valence-electron chi connectivity index (χ0n) is 18.7. The number of alkyl carbamates (subject to hydrolysis) is 1. The highest BCUT2D eigenvalue weighted by Gasteiger charge is 2.43. The summed E-state index contributed by atoms with van der Waals surface area (Å²) in [5.74, 6) is -3.23. The fourth-order valence-electron chi connectivity index (χ4n) is 4.70. The molecule has 0 aliphatic heterocycles. The van der Waals surface area contributed by atoms with Crippen molar-refractivity contribution in [3.8, 4) is 11.1 Å². The van der Waals surface area contributed by atoms with Crippen LogP contribution in [0.25, 0.3) is 11.1 Å². The van der Waals surface area contributed by atoms with Gasteiger partial charge in [-0.1, -0.05) is 54.6 Å². The van der Waals surface area contributed by atoms with Crippen molar-refractivity contribution >= 4 is 23.7 Å². The first kappa shape index (κ1) is 22.6. The molecule has 35 heavy (non-hydrogen) atoms. The van der Waals surface area contributed by atoms with Gasteiger partial charge in [0.2, 0.25) is 5.91 Å². The number of benzene rings is 3. The zero-order chi connectivity index (χ0) is 24.5. The maximum atomic E-state index is 14.1. The molecule has 2 aliphatic carbocycles. The molecule has 1 fully saturated rings. The molecule has 0 saturated heterocycles. The molecule has 2 atom stereocenters. The highest BCUT2D eigenvalue weighted by Crippen LogP contribution is 2.44. The van der Waals surface area contributed by atoms with Gasteiger partial charge in [0.25, 0.3) is 0 Å². The van der Waals surface area contributed by atoms with E-state index in [4.69, 9.17) is 4.74 Å². The van der Waals surface area contributed by atoms with Gasteiger partial charge in [-0.05, 0) is 46.7 Å². The van der Waals surface area contributed by atoms with Gasteiger partial charge in [0, 0.05) is 18.4 Å². The van der Waals surface area contributed by atoms with E-state index >= 15 is 0 Å². The Morgan fingerprint density at radius 2 is 1.60 bits per heavy atom. The predicted octanol–water partition coefficient (Wildman–Crippen LogP) is 4.64. The van der Waals surface area contributed by atoms with E-state index in [0.717, 1.165) is 28.3 Å². The molecule has 0 aromatic heterocycles. The lowest BCUT2D eigenvalue weighted by molar-refractivity contribution is -0.117. The van der Waals surface area contributed by atoms with E-state index in [1.165, 1.54) is 12.1 Å². The summed E-state index contributed by atoms with van der Waals surface area (Å²) < 4.78 is 19.6. The molecule has 2 unspecified atom stereocenters. The molecule has 2 aliphatic rings.